The summed E-state index contributed by atoms with van der Waals surface area (Å²) >= 11 is 0. The summed E-state index contributed by atoms with van der Waals surface area (Å²) in [5, 5.41) is 195. The number of carbonyl (C=O) groups excluding carboxylic acids is 5. The number of aliphatic hydroxyl groups is 16. The van der Waals surface area contributed by atoms with Crippen LogP contribution in [0, 0.1) is 110 Å². The zero-order chi connectivity index (χ0) is 98.3. The van der Waals surface area contributed by atoms with Crippen molar-refractivity contribution in [3.05, 3.63) is 85.1 Å². The number of hydrogen-bond acceptors (Lipinski definition) is 25. The molecule has 11 rings (SSSR count). The van der Waals surface area contributed by atoms with Gasteiger partial charge in [0.05, 0.1) is 110 Å². The molecule has 42 atom stereocenters. The minimum atomic E-state index is -2.40. The first-order chi connectivity index (χ1) is 63.9. The lowest BCUT2D eigenvalue weighted by atomic mass is 9.43. The second-order valence-corrected chi connectivity index (χ2v) is 44.7. The van der Waals surface area contributed by atoms with Crippen molar-refractivity contribution in [2.75, 3.05) is 19.6 Å². The molecular weight excluding hydrogens is 1730 g/mol. The average molecular weight is 1900 g/mol. The predicted molar refractivity (Wildman–Crippen MR) is 507 cm³/mol. The fourth-order valence-corrected chi connectivity index (χ4v) is 27.7. The van der Waals surface area contributed by atoms with Gasteiger partial charge >= 0.3 is 5.97 Å². The van der Waals surface area contributed by atoms with Gasteiger partial charge in [-0.1, -0.05) is 140 Å². The fourth-order valence-electron chi connectivity index (χ4n) is 27.7. The quantitative estimate of drug-likeness (QED) is 0.0386. The monoisotopic (exact) mass is 1900 g/mol. The van der Waals surface area contributed by atoms with E-state index in [1.165, 1.54) is 0 Å². The highest BCUT2D eigenvalue weighted by molar-refractivity contribution is 5.87. The summed E-state index contributed by atoms with van der Waals surface area (Å²) in [6.07, 6.45) is 14.4. The molecule has 766 valence electrons. The molecule has 0 aromatic carbocycles. The van der Waals surface area contributed by atoms with Gasteiger partial charge in [0.15, 0.2) is 18.2 Å². The number of unbranched alkanes of at least 4 members (excludes halogenated alkanes) is 2. The predicted octanol–water partition coefficient (Wildman–Crippen LogP) is 6.45. The third-order valence-corrected chi connectivity index (χ3v) is 35.9. The Kier molecular flexibility index (Phi) is 40.1. The smallest absolute Gasteiger partial charge is 0.308 e. The number of esters is 1. The van der Waals surface area contributed by atoms with E-state index in [2.05, 4.69) is 68.5 Å². The molecule has 0 spiro atoms. The van der Waals surface area contributed by atoms with Gasteiger partial charge in [0.25, 0.3) is 0 Å². The Morgan fingerprint density at radius 2 is 0.985 bits per heavy atom. The fraction of sp³-hybridized carbons (Fsp3) is 0.819. The third kappa shape index (κ3) is 27.0. The van der Waals surface area contributed by atoms with Crippen LogP contribution in [0.1, 0.15) is 268 Å². The average Bonchev–Trinajstić information content (AvgIpc) is 1.63. The molecular formula is C105H172N5O25+. The van der Waals surface area contributed by atoms with Gasteiger partial charge in [-0.05, 0) is 261 Å². The van der Waals surface area contributed by atoms with E-state index in [4.69, 9.17) is 18.9 Å². The second kappa shape index (κ2) is 49.1. The molecule has 8 aliphatic carbocycles. The van der Waals surface area contributed by atoms with Crippen LogP contribution in [0.4, 0.5) is 0 Å². The standard InChI is InChI=1S/C105H171N5O25/c1-59(73-33-35-75-91-77(55-86(121)103(73,75)9)101(7)42-40-68(112)47-65(101)49-82(91)118)30-38-88(123)107-44-24-23-29-79(110-89(124)39-31-60(2)74-34-36-76-92-78(56-87(122)104(74,76)10)102(8)43-41-69(113)48-66(102)50-83(92)119)98(129)108-45-25-26-46-109-99(130)93-84(120)58-105(131)57-71(115)52-81(117)80(116)37-32-67(111)51-70(114)53-90(125)132-63(5)62(4)95(126)61(3)27-21-19-17-15-13-11-12-14-16-18-20-22-28-72(54-85(93)135-105)134-100-97(128)94(106)96(127)64(6)133-100/h11-22,27-28,59-87,91-97,100,111-122,126-128,131H,23-26,29-58,106H2,1-10H3,(H,107,123)(H,108,129)(H,109,130)(H,110,124)/p+1/b12-11+,15-13+,16-14+,19-17+,20-18+,27-21+,28-22+/t59-,60-,61+,62+,63+,64?,65?,66?,67-,68?,69?,70-,71+,72+,73?,74?,75?,76?,77?,78?,79?,80-,81-,82?,83?,84+,85+,86?,87?,91?,92?,93-,94?,95-,96?,97?,100?,101?,102?,103?,104?,105-/m1/s1. The van der Waals surface area contributed by atoms with Gasteiger partial charge in [0, 0.05) is 70.0 Å². The molecule has 10 fully saturated rings. The first-order valence-electron chi connectivity index (χ1n) is 51.7. The zero-order valence-corrected chi connectivity index (χ0v) is 82.0. The number of carbonyl (C=O) groups is 5. The van der Waals surface area contributed by atoms with Crippen LogP contribution in [0.3, 0.4) is 0 Å². The van der Waals surface area contributed by atoms with Crippen molar-refractivity contribution in [3.63, 3.8) is 0 Å². The SMILES string of the molecule is CC1OC(O[C@H]2/C=C/C=C/C=C/C=C/C=C/C=C/C=C/[C@H](C)[C@@H](O)[C@@H](C)[C@H](C)OC(=O)C[C@H](O)C[C@H](O)CC[C@@H](O)[C@H](O)C[C@H](O)C[C@]3(O)C[C@H](O)[C@@H](C(=O)NCCCCNC(=O)C(CCCCNC(=O)CC[C@@H](C)C4CCC5C6C(O)CC7CC(O)CCC7(C)C6CC(O)C54C)NC(=O)CC[C@@H](C)C4CCC5C6C(O)CC7CC(O)CCC7(C)C6CC(O)C54C)[C@H](C2)O3)C(O)C([NH3+])C1O. The lowest BCUT2D eigenvalue weighted by molar-refractivity contribution is -0.488. The maximum absolute atomic E-state index is 14.8. The van der Waals surface area contributed by atoms with E-state index in [0.717, 1.165) is 51.4 Å². The summed E-state index contributed by atoms with van der Waals surface area (Å²) in [7, 11) is 0. The van der Waals surface area contributed by atoms with Crippen LogP contribution in [0.15, 0.2) is 85.1 Å². The maximum atomic E-state index is 14.8. The summed E-state index contributed by atoms with van der Waals surface area (Å²) in [5.41, 5.74) is 2.94. The van der Waals surface area contributed by atoms with Crippen molar-refractivity contribution >= 4 is 29.6 Å². The minimum Gasteiger partial charge on any atom is -0.462 e. The molecule has 8 saturated carbocycles. The van der Waals surface area contributed by atoms with E-state index in [0.29, 0.717) is 83.6 Å². The van der Waals surface area contributed by atoms with E-state index in [9.17, 15) is 106 Å². The Balaban J connectivity index is 0.732. The van der Waals surface area contributed by atoms with Crippen LogP contribution in [0.5, 0.6) is 0 Å². The van der Waals surface area contributed by atoms with Gasteiger partial charge in [0.1, 0.15) is 24.3 Å². The Labute approximate surface area is 800 Å². The van der Waals surface area contributed by atoms with Crippen LogP contribution in [0.2, 0.25) is 0 Å². The van der Waals surface area contributed by atoms with Crippen molar-refractivity contribution in [3.8, 4) is 0 Å². The Morgan fingerprint density at radius 3 is 1.54 bits per heavy atom. The van der Waals surface area contributed by atoms with E-state index in [1.54, 1.807) is 75.5 Å². The minimum absolute atomic E-state index is 0.0134. The number of amides is 4. The van der Waals surface area contributed by atoms with Gasteiger partial charge in [0.2, 0.25) is 23.6 Å². The Morgan fingerprint density at radius 1 is 0.481 bits per heavy atom. The number of ether oxygens (including phenoxy) is 4. The van der Waals surface area contributed by atoms with Crippen molar-refractivity contribution in [2.24, 2.45) is 110 Å². The normalized spacial score (nSPS) is 46.1. The summed E-state index contributed by atoms with van der Waals surface area (Å²) in [4.78, 5) is 70.4. The van der Waals surface area contributed by atoms with Crippen LogP contribution >= 0.6 is 0 Å². The molecule has 3 aliphatic heterocycles. The Bertz CT molecular complexity index is 4020. The third-order valence-electron chi connectivity index (χ3n) is 35.9. The molecule has 30 nitrogen and oxygen atoms in total. The van der Waals surface area contributed by atoms with E-state index >= 15 is 0 Å². The van der Waals surface area contributed by atoms with Gasteiger partial charge in [-0.3, -0.25) is 24.0 Å². The highest BCUT2D eigenvalue weighted by Gasteiger charge is 2.68. The van der Waals surface area contributed by atoms with Gasteiger partial charge in [-0.25, -0.2) is 0 Å². The summed E-state index contributed by atoms with van der Waals surface area (Å²) in [6.45, 7) is 20.7. The molecule has 0 aromatic rings. The molecule has 135 heavy (non-hydrogen) atoms. The summed E-state index contributed by atoms with van der Waals surface area (Å²) < 4.78 is 24.4. The maximum Gasteiger partial charge on any atom is 0.308 e. The van der Waals surface area contributed by atoms with Crippen LogP contribution < -0.4 is 27.0 Å². The number of fused-ring (bicyclic) bond motifs is 12. The largest absolute Gasteiger partial charge is 0.462 e. The van der Waals surface area contributed by atoms with E-state index < -0.39 is 194 Å². The van der Waals surface area contributed by atoms with Crippen molar-refractivity contribution in [1.82, 2.24) is 21.3 Å². The molecule has 11 aliphatic rings. The molecule has 30 heteroatoms. The number of aliphatic hydroxyl groups excluding tert-OH is 15. The number of allylic oxidation sites excluding steroid dienone is 12. The molecule has 26 unspecified atom stereocenters. The lowest BCUT2D eigenvalue weighted by Gasteiger charge is -2.63. The topological polar surface area (TPSA) is 522 Å². The molecule has 23 N–H and O–H groups in total. The highest BCUT2D eigenvalue weighted by Crippen LogP contribution is 2.71. The zero-order valence-electron chi connectivity index (χ0n) is 82.0. The molecule has 0 aromatic heterocycles. The molecule has 2 bridgehead atoms. The van der Waals surface area contributed by atoms with Gasteiger partial charge in [-0.2, -0.15) is 0 Å². The lowest BCUT2D eigenvalue weighted by Crippen LogP contribution is -2.78. The molecule has 0 radical (unpaired) electrons. The number of nitrogens with one attached hydrogen (secondary N) is 4. The van der Waals surface area contributed by atoms with E-state index in [-0.39, 0.29) is 170 Å². The van der Waals surface area contributed by atoms with Crippen LogP contribution in [-0.4, -0.2) is 271 Å². The first kappa shape index (κ1) is 110. The molecule has 4 amide bonds. The first-order valence-corrected chi connectivity index (χ1v) is 51.7. The van der Waals surface area contributed by atoms with Crippen molar-refractivity contribution in [2.45, 2.75) is 408 Å². The van der Waals surface area contributed by atoms with Crippen molar-refractivity contribution < 1.29 is 130 Å². The summed E-state index contributed by atoms with van der Waals surface area (Å²) in [5.74, 6) is -5.47. The molecule has 3 heterocycles. The number of hydrogen-bond donors (Lipinski definition) is 21. The van der Waals surface area contributed by atoms with E-state index in [1.807, 2.05) is 37.3 Å². The highest BCUT2D eigenvalue weighted by atomic mass is 16.7. The number of quaternary nitrogens is 1. The number of rotatable bonds is 23. The van der Waals surface area contributed by atoms with Gasteiger partial charge < -0.3 is 128 Å². The second-order valence-electron chi connectivity index (χ2n) is 44.7. The Hall–Kier alpha value is -5.27. The molecule has 2 saturated heterocycles. The van der Waals surface area contributed by atoms with Crippen molar-refractivity contribution in [1.29, 1.82) is 0 Å². The summed E-state index contributed by atoms with van der Waals surface area (Å²) in [6, 6.07) is -1.93. The van der Waals surface area contributed by atoms with Crippen LogP contribution in [0.25, 0.3) is 0 Å². The van der Waals surface area contributed by atoms with Crippen LogP contribution in [-0.2, 0) is 42.9 Å². The number of cyclic esters (lactones) is 1. The van der Waals surface area contributed by atoms with Gasteiger partial charge in [-0.15, -0.1) is 0 Å².